The van der Waals surface area contributed by atoms with Crippen molar-refractivity contribution in [1.82, 2.24) is 4.98 Å². The Hall–Kier alpha value is -1.09. The molecule has 0 unspecified atom stereocenters. The number of carbonyl (C=O) groups excluding carboxylic acids is 2. The molecule has 17 heavy (non-hydrogen) atoms. The minimum atomic E-state index is 0. The zero-order valence-corrected chi connectivity index (χ0v) is 12.2. The maximum atomic E-state index is 7.75. The van der Waals surface area contributed by atoms with Gasteiger partial charge in [0.1, 0.15) is 5.75 Å². The summed E-state index contributed by atoms with van der Waals surface area (Å²) in [6.45, 7) is 12.8. The number of aromatic nitrogens is 1. The Labute approximate surface area is 117 Å². The standard InChI is InChI=1S/C6H7NO.C4H9.2CHO.Ru/c1-8-6-2-4-7-5-3-6;1-4(2)3;2*1-2;/h2-5H,1H3;1-3H3;2*1H;/q;3*-1;+3. The van der Waals surface area contributed by atoms with Gasteiger partial charge < -0.3 is 20.2 Å². The fourth-order valence-corrected chi connectivity index (χ4v) is 0.474. The molecule has 97 valence electrons. The summed E-state index contributed by atoms with van der Waals surface area (Å²) < 4.78 is 4.87. The second-order valence-electron chi connectivity index (χ2n) is 2.89. The van der Waals surface area contributed by atoms with Crippen molar-refractivity contribution in [3.63, 3.8) is 0 Å². The van der Waals surface area contributed by atoms with Crippen molar-refractivity contribution in [3.05, 3.63) is 30.4 Å². The molecule has 0 saturated heterocycles. The first-order chi connectivity index (χ1) is 7.66. The van der Waals surface area contributed by atoms with Gasteiger partial charge in [0.25, 0.3) is 0 Å². The molecule has 0 aliphatic heterocycles. The van der Waals surface area contributed by atoms with Crippen LogP contribution in [-0.2, 0) is 29.1 Å². The maximum Gasteiger partial charge on any atom is 3.00 e. The molecule has 1 rings (SSSR count). The monoisotopic (exact) mass is 326 g/mol. The molecule has 0 amide bonds. The van der Waals surface area contributed by atoms with Crippen LogP contribution in [0.2, 0.25) is 0 Å². The Bertz CT molecular complexity index is 215. The first-order valence-corrected chi connectivity index (χ1v) is 4.34. The van der Waals surface area contributed by atoms with Crippen LogP contribution >= 0.6 is 0 Å². The van der Waals surface area contributed by atoms with Gasteiger partial charge in [-0.3, -0.25) is 18.6 Å². The van der Waals surface area contributed by atoms with Crippen LogP contribution in [0.1, 0.15) is 20.8 Å². The van der Waals surface area contributed by atoms with Crippen molar-refractivity contribution in [2.75, 3.05) is 7.11 Å². The normalized spacial score (nSPS) is 6.65. The van der Waals surface area contributed by atoms with Gasteiger partial charge in [0.05, 0.1) is 7.11 Å². The Morgan fingerprint density at radius 1 is 1.06 bits per heavy atom. The van der Waals surface area contributed by atoms with Gasteiger partial charge in [0, 0.05) is 12.4 Å². The molecule has 0 aliphatic rings. The topological polar surface area (TPSA) is 56.3 Å². The van der Waals surface area contributed by atoms with Crippen LogP contribution < -0.4 is 4.74 Å². The number of pyridine rings is 1. The van der Waals surface area contributed by atoms with Gasteiger partial charge in [-0.25, -0.2) is 0 Å². The molecule has 0 atom stereocenters. The zero-order valence-electron chi connectivity index (χ0n) is 10.5. The predicted octanol–water partition coefficient (Wildman–Crippen LogP) is 2.16. The average molecular weight is 325 g/mol. The van der Waals surface area contributed by atoms with E-state index in [4.69, 9.17) is 14.3 Å². The number of hydrogen-bond donors (Lipinski definition) is 0. The van der Waals surface area contributed by atoms with E-state index in [-0.39, 0.29) is 19.5 Å². The third kappa shape index (κ3) is 31.3. The fourth-order valence-electron chi connectivity index (χ4n) is 0.474. The summed E-state index contributed by atoms with van der Waals surface area (Å²) in [7, 11) is 1.63. The maximum absolute atomic E-state index is 7.75. The largest absolute Gasteiger partial charge is 3.00 e. The molecule has 1 aromatic heterocycles. The van der Waals surface area contributed by atoms with E-state index in [0.29, 0.717) is 0 Å². The van der Waals surface area contributed by atoms with Crippen molar-refractivity contribution in [3.8, 4) is 5.75 Å². The first kappa shape index (κ1) is 24.9. The van der Waals surface area contributed by atoms with E-state index in [1.807, 2.05) is 0 Å². The van der Waals surface area contributed by atoms with Crippen LogP contribution in [0.15, 0.2) is 24.5 Å². The molecule has 0 bridgehead atoms. The van der Waals surface area contributed by atoms with E-state index in [9.17, 15) is 0 Å². The Kier molecular flexibility index (Phi) is 35.6. The molecular weight excluding hydrogens is 307 g/mol. The molecule has 0 aromatic carbocycles. The fraction of sp³-hybridized carbons (Fsp3) is 0.333. The van der Waals surface area contributed by atoms with Crippen LogP contribution in [0.5, 0.6) is 5.75 Å². The summed E-state index contributed by atoms with van der Waals surface area (Å²) in [6.07, 6.45) is 3.39. The van der Waals surface area contributed by atoms with Gasteiger partial charge in [-0.1, -0.05) is 0 Å². The van der Waals surface area contributed by atoms with Crippen molar-refractivity contribution < 1.29 is 33.8 Å². The van der Waals surface area contributed by atoms with Crippen molar-refractivity contribution in [1.29, 1.82) is 0 Å². The zero-order chi connectivity index (χ0) is 13.4. The third-order valence-electron chi connectivity index (χ3n) is 0.885. The van der Waals surface area contributed by atoms with E-state index in [0.717, 1.165) is 5.75 Å². The van der Waals surface area contributed by atoms with E-state index in [1.54, 1.807) is 31.6 Å². The smallest absolute Gasteiger partial charge is 0.545 e. The molecule has 1 aromatic rings. The number of rotatable bonds is 1. The van der Waals surface area contributed by atoms with Gasteiger partial charge in [-0.2, -0.15) is 20.8 Å². The Morgan fingerprint density at radius 3 is 1.53 bits per heavy atom. The molecule has 0 spiro atoms. The van der Waals surface area contributed by atoms with Crippen LogP contribution in [0.3, 0.4) is 0 Å². The molecule has 0 N–H and O–H groups in total. The molecule has 0 fully saturated rings. The molecule has 0 aliphatic carbocycles. The molecule has 1 radical (unpaired) electrons. The number of methoxy groups -OCH3 is 1. The minimum absolute atomic E-state index is 0. The van der Waals surface area contributed by atoms with Crippen molar-refractivity contribution >= 4 is 13.6 Å². The molecule has 0 saturated carbocycles. The molecular formula is C12H18NO3Ru. The summed E-state index contributed by atoms with van der Waals surface area (Å²) in [5.41, 5.74) is 0. The number of ether oxygens (including phenoxy) is 1. The first-order valence-electron chi connectivity index (χ1n) is 4.34. The minimum Gasteiger partial charge on any atom is -0.545 e. The SMILES string of the molecule is COc1ccncc1.C[C-](C)C.[CH-]=O.[CH-]=O.[Ru+3]. The second-order valence-corrected chi connectivity index (χ2v) is 2.89. The van der Waals surface area contributed by atoms with Crippen LogP contribution in [0.25, 0.3) is 0 Å². The van der Waals surface area contributed by atoms with E-state index in [1.165, 1.54) is 5.92 Å². The van der Waals surface area contributed by atoms with E-state index in [2.05, 4.69) is 39.3 Å². The molecule has 1 heterocycles. The van der Waals surface area contributed by atoms with Gasteiger partial charge in [0.2, 0.25) is 0 Å². The van der Waals surface area contributed by atoms with E-state index < -0.39 is 0 Å². The summed E-state index contributed by atoms with van der Waals surface area (Å²) in [6, 6.07) is 3.61. The third-order valence-corrected chi connectivity index (χ3v) is 0.885. The van der Waals surface area contributed by atoms with Crippen molar-refractivity contribution in [2.45, 2.75) is 20.8 Å². The van der Waals surface area contributed by atoms with E-state index >= 15 is 0 Å². The van der Waals surface area contributed by atoms with Crippen LogP contribution in [0.4, 0.5) is 0 Å². The van der Waals surface area contributed by atoms with Crippen molar-refractivity contribution in [2.24, 2.45) is 0 Å². The van der Waals surface area contributed by atoms with Crippen LogP contribution in [0, 0.1) is 5.92 Å². The predicted molar refractivity (Wildman–Crippen MR) is 64.6 cm³/mol. The number of hydrogen-bond acceptors (Lipinski definition) is 4. The van der Waals surface area contributed by atoms with Crippen LogP contribution in [-0.4, -0.2) is 25.7 Å². The molecule has 5 heteroatoms. The molecule has 4 nitrogen and oxygen atoms in total. The summed E-state index contributed by atoms with van der Waals surface area (Å²) in [4.78, 5) is 19.3. The second kappa shape index (κ2) is 24.2. The van der Waals surface area contributed by atoms with Gasteiger partial charge in [-0.15, -0.1) is 0 Å². The van der Waals surface area contributed by atoms with Gasteiger partial charge >= 0.3 is 19.5 Å². The van der Waals surface area contributed by atoms with Gasteiger partial charge in [0.15, 0.2) is 0 Å². The summed E-state index contributed by atoms with van der Waals surface area (Å²) >= 11 is 0. The Morgan fingerprint density at radius 2 is 1.35 bits per heavy atom. The summed E-state index contributed by atoms with van der Waals surface area (Å²) in [5, 5.41) is 0. The quantitative estimate of drug-likeness (QED) is 0.451. The van der Waals surface area contributed by atoms with Gasteiger partial charge in [-0.05, 0) is 12.1 Å². The number of nitrogens with zero attached hydrogens (tertiary/aromatic N) is 1. The Balaban J connectivity index is -0.0000000814. The summed E-state index contributed by atoms with van der Waals surface area (Å²) in [5.74, 6) is 2.26. The average Bonchev–Trinajstić information content (AvgIpc) is 2.34.